The van der Waals surface area contributed by atoms with Gasteiger partial charge in [0.05, 0.1) is 0 Å². The van der Waals surface area contributed by atoms with Crippen molar-refractivity contribution in [2.24, 2.45) is 0 Å². The Morgan fingerprint density at radius 1 is 1.31 bits per heavy atom. The zero-order valence-electron chi connectivity index (χ0n) is 9.05. The molecule has 1 rings (SSSR count). The summed E-state index contributed by atoms with van der Waals surface area (Å²) >= 11 is 5.75. The Morgan fingerprint density at radius 3 is 2.44 bits per heavy atom. The maximum atomic E-state index is 12.0. The summed E-state index contributed by atoms with van der Waals surface area (Å²) in [6.45, 7) is 3.97. The molecule has 7 heteroatoms. The molecular formula is C9H13ClF3N3. The molecule has 0 amide bonds. The molecule has 1 aromatic heterocycles. The van der Waals surface area contributed by atoms with E-state index in [1.54, 1.807) is 0 Å². The van der Waals surface area contributed by atoms with Crippen molar-refractivity contribution in [1.82, 2.24) is 14.8 Å². The molecule has 0 aliphatic heterocycles. The molecule has 0 unspecified atom stereocenters. The number of hydrogen-bond donors (Lipinski definition) is 0. The fourth-order valence-corrected chi connectivity index (χ4v) is 1.58. The molecule has 0 saturated heterocycles. The third-order valence-corrected chi connectivity index (χ3v) is 2.37. The molecule has 0 fully saturated rings. The first-order chi connectivity index (χ1) is 7.31. The summed E-state index contributed by atoms with van der Waals surface area (Å²) in [6, 6.07) is 0. The van der Waals surface area contributed by atoms with Crippen molar-refractivity contribution in [3.8, 4) is 0 Å². The zero-order chi connectivity index (χ0) is 12.3. The van der Waals surface area contributed by atoms with Crippen LogP contribution in [0.25, 0.3) is 0 Å². The predicted octanol–water partition coefficient (Wildman–Crippen LogP) is 3.40. The van der Waals surface area contributed by atoms with Gasteiger partial charge >= 0.3 is 6.18 Å². The smallest absolute Gasteiger partial charge is 0.302 e. The van der Waals surface area contributed by atoms with E-state index in [0.717, 1.165) is 0 Å². The average molecular weight is 256 g/mol. The molecule has 0 bridgehead atoms. The highest BCUT2D eigenvalue weighted by Gasteiger charge is 2.26. The number of halogens is 4. The first-order valence-corrected chi connectivity index (χ1v) is 5.34. The molecule has 0 saturated carbocycles. The van der Waals surface area contributed by atoms with Crippen LogP contribution in [-0.4, -0.2) is 20.9 Å². The summed E-state index contributed by atoms with van der Waals surface area (Å²) in [5, 5.41) is 7.62. The normalized spacial score (nSPS) is 12.4. The summed E-state index contributed by atoms with van der Waals surface area (Å²) in [5.74, 6) is 0.707. The van der Waals surface area contributed by atoms with Gasteiger partial charge in [-0.2, -0.15) is 13.2 Å². The van der Waals surface area contributed by atoms with Crippen molar-refractivity contribution in [3.63, 3.8) is 0 Å². The molecule has 0 spiro atoms. The molecule has 1 heterocycles. The molecular weight excluding hydrogens is 243 g/mol. The van der Waals surface area contributed by atoms with Crippen molar-refractivity contribution in [2.45, 2.75) is 45.3 Å². The van der Waals surface area contributed by atoms with Crippen LogP contribution in [0.3, 0.4) is 0 Å². The lowest BCUT2D eigenvalue weighted by Gasteiger charge is -2.10. The van der Waals surface area contributed by atoms with Gasteiger partial charge in [-0.05, 0) is 18.0 Å². The van der Waals surface area contributed by atoms with E-state index in [2.05, 4.69) is 10.2 Å². The van der Waals surface area contributed by atoms with Crippen LogP contribution in [0, 0.1) is 0 Å². The molecule has 0 aromatic carbocycles. The largest absolute Gasteiger partial charge is 0.389 e. The average Bonchev–Trinajstić information content (AvgIpc) is 2.46. The topological polar surface area (TPSA) is 30.7 Å². The fourth-order valence-electron chi connectivity index (χ4n) is 1.37. The van der Waals surface area contributed by atoms with Gasteiger partial charge in [-0.25, -0.2) is 0 Å². The molecule has 0 aliphatic rings. The minimum Gasteiger partial charge on any atom is -0.302 e. The molecule has 0 atom stereocenters. The fraction of sp³-hybridized carbons (Fsp3) is 0.778. The summed E-state index contributed by atoms with van der Waals surface area (Å²) < 4.78 is 37.4. The number of alkyl halides is 3. The van der Waals surface area contributed by atoms with E-state index in [0.29, 0.717) is 5.82 Å². The van der Waals surface area contributed by atoms with Gasteiger partial charge in [-0.15, -0.1) is 10.2 Å². The van der Waals surface area contributed by atoms with Gasteiger partial charge in [0.25, 0.3) is 0 Å². The summed E-state index contributed by atoms with van der Waals surface area (Å²) in [6.07, 6.45) is -4.96. The Hall–Kier alpha value is -0.780. The van der Waals surface area contributed by atoms with E-state index >= 15 is 0 Å². The maximum Gasteiger partial charge on any atom is 0.389 e. The summed E-state index contributed by atoms with van der Waals surface area (Å²) in [7, 11) is 0. The van der Waals surface area contributed by atoms with Crippen LogP contribution in [0.5, 0.6) is 0 Å². The molecule has 0 aliphatic carbocycles. The first kappa shape index (κ1) is 13.3. The van der Waals surface area contributed by atoms with Crippen LogP contribution in [0.2, 0.25) is 5.28 Å². The van der Waals surface area contributed by atoms with E-state index in [4.69, 9.17) is 11.6 Å². The van der Waals surface area contributed by atoms with Gasteiger partial charge in [0.15, 0.2) is 0 Å². The summed E-state index contributed by atoms with van der Waals surface area (Å²) in [4.78, 5) is 0. The third kappa shape index (κ3) is 3.66. The van der Waals surface area contributed by atoms with Gasteiger partial charge in [-0.1, -0.05) is 13.8 Å². The van der Waals surface area contributed by atoms with Crippen LogP contribution < -0.4 is 0 Å². The Balaban J connectivity index is 2.63. The number of rotatable bonds is 4. The summed E-state index contributed by atoms with van der Waals surface area (Å²) in [5.41, 5.74) is 0. The SMILES string of the molecule is CC(C)c1nnc(Cl)n1CCCC(F)(F)F. The maximum absolute atomic E-state index is 12.0. The van der Waals surface area contributed by atoms with E-state index in [1.807, 2.05) is 13.8 Å². The van der Waals surface area contributed by atoms with Crippen molar-refractivity contribution in [2.75, 3.05) is 0 Å². The van der Waals surface area contributed by atoms with Crippen LogP contribution in [-0.2, 0) is 6.54 Å². The highest BCUT2D eigenvalue weighted by atomic mass is 35.5. The van der Waals surface area contributed by atoms with Gasteiger partial charge < -0.3 is 4.57 Å². The molecule has 0 N–H and O–H groups in total. The minimum absolute atomic E-state index is 0.0129. The van der Waals surface area contributed by atoms with E-state index < -0.39 is 12.6 Å². The highest BCUT2D eigenvalue weighted by Crippen LogP contribution is 2.23. The lowest BCUT2D eigenvalue weighted by molar-refractivity contribution is -0.135. The van der Waals surface area contributed by atoms with Crippen LogP contribution in [0.15, 0.2) is 0 Å². The van der Waals surface area contributed by atoms with Crippen LogP contribution in [0.1, 0.15) is 38.4 Å². The van der Waals surface area contributed by atoms with E-state index in [1.165, 1.54) is 4.57 Å². The van der Waals surface area contributed by atoms with E-state index in [9.17, 15) is 13.2 Å². The van der Waals surface area contributed by atoms with Gasteiger partial charge in [0.1, 0.15) is 5.82 Å². The molecule has 1 aromatic rings. The van der Waals surface area contributed by atoms with Gasteiger partial charge in [0, 0.05) is 18.9 Å². The second kappa shape index (κ2) is 5.03. The van der Waals surface area contributed by atoms with Crippen molar-refractivity contribution >= 4 is 11.6 Å². The lowest BCUT2D eigenvalue weighted by atomic mass is 10.2. The third-order valence-electron chi connectivity index (χ3n) is 2.09. The standard InChI is InChI=1S/C9H13ClF3N3/c1-6(2)7-14-15-8(10)16(7)5-3-4-9(11,12)13/h6H,3-5H2,1-2H3. The van der Waals surface area contributed by atoms with Crippen LogP contribution >= 0.6 is 11.6 Å². The second-order valence-corrected chi connectivity index (χ2v) is 4.19. The number of nitrogens with zero attached hydrogens (tertiary/aromatic N) is 3. The van der Waals surface area contributed by atoms with E-state index in [-0.39, 0.29) is 24.2 Å². The number of aromatic nitrogens is 3. The second-order valence-electron chi connectivity index (χ2n) is 3.85. The Labute approximate surface area is 96.6 Å². The van der Waals surface area contributed by atoms with Gasteiger partial charge in [-0.3, -0.25) is 0 Å². The zero-order valence-corrected chi connectivity index (χ0v) is 9.81. The number of hydrogen-bond acceptors (Lipinski definition) is 2. The Bertz CT molecular complexity index is 346. The first-order valence-electron chi connectivity index (χ1n) is 4.96. The molecule has 16 heavy (non-hydrogen) atoms. The Morgan fingerprint density at radius 2 is 1.94 bits per heavy atom. The minimum atomic E-state index is -4.13. The molecule has 92 valence electrons. The molecule has 0 radical (unpaired) electrons. The predicted molar refractivity (Wildman–Crippen MR) is 54.4 cm³/mol. The van der Waals surface area contributed by atoms with Crippen molar-refractivity contribution < 1.29 is 13.2 Å². The molecule has 3 nitrogen and oxygen atoms in total. The monoisotopic (exact) mass is 255 g/mol. The van der Waals surface area contributed by atoms with Gasteiger partial charge in [0.2, 0.25) is 5.28 Å². The quantitative estimate of drug-likeness (QED) is 0.826. The Kier molecular flexibility index (Phi) is 4.18. The highest BCUT2D eigenvalue weighted by molar-refractivity contribution is 6.28. The van der Waals surface area contributed by atoms with Crippen LogP contribution in [0.4, 0.5) is 13.2 Å². The van der Waals surface area contributed by atoms with Crippen molar-refractivity contribution in [1.29, 1.82) is 0 Å². The lowest BCUT2D eigenvalue weighted by Crippen LogP contribution is -2.11. The van der Waals surface area contributed by atoms with Crippen molar-refractivity contribution in [3.05, 3.63) is 11.1 Å².